The van der Waals surface area contributed by atoms with Gasteiger partial charge in [0.05, 0.1) is 19.1 Å². The van der Waals surface area contributed by atoms with Crippen LogP contribution in [0, 0.1) is 0 Å². The number of amides is 2. The number of carbonyl (C=O) groups excluding carboxylic acids is 3. The van der Waals surface area contributed by atoms with Crippen molar-refractivity contribution in [1.82, 2.24) is 10.0 Å². The number of hydrazine groups is 1. The molecule has 7 heteroatoms. The van der Waals surface area contributed by atoms with Gasteiger partial charge in [-0.05, 0) is 50.3 Å². The second kappa shape index (κ2) is 8.63. The highest BCUT2D eigenvalue weighted by Crippen LogP contribution is 2.50. The van der Waals surface area contributed by atoms with Crippen molar-refractivity contribution in [3.63, 3.8) is 0 Å². The summed E-state index contributed by atoms with van der Waals surface area (Å²) in [6.45, 7) is 3.20. The Kier molecular flexibility index (Phi) is 6.21. The first-order valence-corrected chi connectivity index (χ1v) is 9.94. The first-order valence-electron chi connectivity index (χ1n) is 9.94. The fourth-order valence-corrected chi connectivity index (χ4v) is 3.74. The number of methoxy groups -OCH3 is 1. The zero-order valence-electron chi connectivity index (χ0n) is 16.6. The van der Waals surface area contributed by atoms with E-state index in [2.05, 4.69) is 0 Å². The molecule has 1 aliphatic carbocycles. The smallest absolute Gasteiger partial charge is 0.305 e. The minimum Gasteiger partial charge on any atom is -0.497 e. The zero-order chi connectivity index (χ0) is 20.1. The van der Waals surface area contributed by atoms with Crippen molar-refractivity contribution >= 4 is 17.8 Å². The standard InChI is InChI=1S/C21H28N2O5/c1-3-28-19(25)7-4-6-18(24)22-14-5-15-23(22)20(26)21(12-13-21)16-8-10-17(27-2)11-9-16/h8-11H,3-7,12-15H2,1-2H3. The van der Waals surface area contributed by atoms with E-state index >= 15 is 0 Å². The summed E-state index contributed by atoms with van der Waals surface area (Å²) in [5.74, 6) is 0.349. The maximum absolute atomic E-state index is 13.3. The van der Waals surface area contributed by atoms with E-state index in [1.807, 2.05) is 24.3 Å². The van der Waals surface area contributed by atoms with Crippen LogP contribution in [0.2, 0.25) is 0 Å². The molecule has 1 heterocycles. The molecule has 7 nitrogen and oxygen atoms in total. The third kappa shape index (κ3) is 4.13. The van der Waals surface area contributed by atoms with E-state index in [1.54, 1.807) is 24.1 Å². The van der Waals surface area contributed by atoms with E-state index in [-0.39, 0.29) is 30.6 Å². The molecular formula is C21H28N2O5. The monoisotopic (exact) mass is 388 g/mol. The maximum atomic E-state index is 13.3. The third-order valence-electron chi connectivity index (χ3n) is 5.43. The Balaban J connectivity index is 1.62. The van der Waals surface area contributed by atoms with Gasteiger partial charge in [-0.1, -0.05) is 12.1 Å². The highest BCUT2D eigenvalue weighted by molar-refractivity contribution is 5.93. The topological polar surface area (TPSA) is 76.2 Å². The molecule has 1 aromatic carbocycles. The second-order valence-corrected chi connectivity index (χ2v) is 7.27. The largest absolute Gasteiger partial charge is 0.497 e. The summed E-state index contributed by atoms with van der Waals surface area (Å²) < 4.78 is 10.1. The molecule has 28 heavy (non-hydrogen) atoms. The lowest BCUT2D eigenvalue weighted by Gasteiger charge is -2.31. The van der Waals surface area contributed by atoms with E-state index in [1.165, 1.54) is 0 Å². The molecule has 1 saturated carbocycles. The summed E-state index contributed by atoms with van der Waals surface area (Å²) >= 11 is 0. The van der Waals surface area contributed by atoms with Gasteiger partial charge >= 0.3 is 5.97 Å². The van der Waals surface area contributed by atoms with Crippen molar-refractivity contribution in [2.24, 2.45) is 0 Å². The molecule has 1 saturated heterocycles. The lowest BCUT2D eigenvalue weighted by Crippen LogP contribution is -2.48. The van der Waals surface area contributed by atoms with Gasteiger partial charge < -0.3 is 9.47 Å². The summed E-state index contributed by atoms with van der Waals surface area (Å²) in [6.07, 6.45) is 3.24. The van der Waals surface area contributed by atoms with Gasteiger partial charge in [0.15, 0.2) is 0 Å². The molecule has 1 aliphatic heterocycles. The van der Waals surface area contributed by atoms with Crippen LogP contribution in [0.25, 0.3) is 0 Å². The highest BCUT2D eigenvalue weighted by Gasteiger charge is 2.54. The van der Waals surface area contributed by atoms with Gasteiger partial charge in [-0.15, -0.1) is 0 Å². The third-order valence-corrected chi connectivity index (χ3v) is 5.43. The van der Waals surface area contributed by atoms with Crippen LogP contribution in [0.4, 0.5) is 0 Å². The number of hydrogen-bond acceptors (Lipinski definition) is 5. The quantitative estimate of drug-likeness (QED) is 0.640. The molecule has 0 aromatic heterocycles. The van der Waals surface area contributed by atoms with Gasteiger partial charge in [0.1, 0.15) is 5.75 Å². The summed E-state index contributed by atoms with van der Waals surface area (Å²) in [4.78, 5) is 37.4. The fraction of sp³-hybridized carbons (Fsp3) is 0.571. The molecule has 152 valence electrons. The van der Waals surface area contributed by atoms with Crippen molar-refractivity contribution in [2.45, 2.75) is 50.9 Å². The number of esters is 1. The number of carbonyl (C=O) groups is 3. The molecule has 0 unspecified atom stereocenters. The molecule has 2 fully saturated rings. The van der Waals surface area contributed by atoms with Crippen LogP contribution in [0.15, 0.2) is 24.3 Å². The molecule has 0 atom stereocenters. The van der Waals surface area contributed by atoms with Gasteiger partial charge in [-0.25, -0.2) is 0 Å². The van der Waals surface area contributed by atoms with Crippen molar-refractivity contribution in [2.75, 3.05) is 26.8 Å². The predicted octanol–water partition coefficient (Wildman–Crippen LogP) is 2.44. The molecular weight excluding hydrogens is 360 g/mol. The lowest BCUT2D eigenvalue weighted by molar-refractivity contribution is -0.159. The average Bonchev–Trinajstić information content (AvgIpc) is 3.37. The van der Waals surface area contributed by atoms with Gasteiger partial charge in [-0.2, -0.15) is 0 Å². The lowest BCUT2D eigenvalue weighted by atomic mass is 9.94. The van der Waals surface area contributed by atoms with Crippen molar-refractivity contribution < 1.29 is 23.9 Å². The Hall–Kier alpha value is -2.57. The van der Waals surface area contributed by atoms with Crippen LogP contribution in [0.1, 0.15) is 51.0 Å². The molecule has 2 amide bonds. The number of ether oxygens (including phenoxy) is 2. The number of hydrogen-bond donors (Lipinski definition) is 0. The van der Waals surface area contributed by atoms with E-state index in [9.17, 15) is 14.4 Å². The minimum atomic E-state index is -0.528. The van der Waals surface area contributed by atoms with Gasteiger partial charge in [0.25, 0.3) is 5.91 Å². The van der Waals surface area contributed by atoms with Crippen molar-refractivity contribution in [1.29, 1.82) is 0 Å². The molecule has 0 radical (unpaired) electrons. The zero-order valence-corrected chi connectivity index (χ0v) is 16.6. The Morgan fingerprint density at radius 3 is 2.32 bits per heavy atom. The van der Waals surface area contributed by atoms with Crippen LogP contribution < -0.4 is 4.74 Å². The van der Waals surface area contributed by atoms with Gasteiger partial charge in [0, 0.05) is 25.9 Å². The van der Waals surface area contributed by atoms with Crippen LogP contribution >= 0.6 is 0 Å². The summed E-state index contributed by atoms with van der Waals surface area (Å²) in [5.41, 5.74) is 0.444. The SMILES string of the molecule is CCOC(=O)CCCC(=O)N1CCCN1C(=O)C1(c2ccc(OC)cc2)CC1. The number of nitrogens with zero attached hydrogens (tertiary/aromatic N) is 2. The normalized spacial score (nSPS) is 17.4. The first-order chi connectivity index (χ1) is 13.5. The van der Waals surface area contributed by atoms with Gasteiger partial charge in [0.2, 0.25) is 5.91 Å². The first kappa shape index (κ1) is 20.2. The minimum absolute atomic E-state index is 0.00564. The van der Waals surface area contributed by atoms with E-state index in [0.29, 0.717) is 26.1 Å². The summed E-state index contributed by atoms with van der Waals surface area (Å²) in [5, 5.41) is 3.18. The number of rotatable bonds is 8. The Morgan fingerprint density at radius 1 is 1.04 bits per heavy atom. The number of benzene rings is 1. The molecule has 0 N–H and O–H groups in total. The van der Waals surface area contributed by atoms with E-state index in [4.69, 9.17) is 9.47 Å². The van der Waals surface area contributed by atoms with Crippen LogP contribution in [-0.2, 0) is 24.5 Å². The van der Waals surface area contributed by atoms with Crippen molar-refractivity contribution in [3.8, 4) is 5.75 Å². The Bertz CT molecular complexity index is 727. The Labute approximate surface area is 165 Å². The average molecular weight is 388 g/mol. The van der Waals surface area contributed by atoms with Crippen molar-refractivity contribution in [3.05, 3.63) is 29.8 Å². The predicted molar refractivity (Wildman–Crippen MR) is 102 cm³/mol. The maximum Gasteiger partial charge on any atom is 0.305 e. The van der Waals surface area contributed by atoms with Crippen LogP contribution in [0.3, 0.4) is 0 Å². The van der Waals surface area contributed by atoms with E-state index < -0.39 is 5.41 Å². The second-order valence-electron chi connectivity index (χ2n) is 7.27. The Morgan fingerprint density at radius 2 is 1.71 bits per heavy atom. The van der Waals surface area contributed by atoms with Crippen LogP contribution in [-0.4, -0.2) is 54.6 Å². The fourth-order valence-electron chi connectivity index (χ4n) is 3.74. The van der Waals surface area contributed by atoms with Gasteiger partial charge in [-0.3, -0.25) is 24.4 Å². The summed E-state index contributed by atoms with van der Waals surface area (Å²) in [7, 11) is 1.61. The molecule has 3 rings (SSSR count). The molecule has 2 aliphatic rings. The molecule has 0 spiro atoms. The molecule has 0 bridgehead atoms. The van der Waals surface area contributed by atoms with Crippen LogP contribution in [0.5, 0.6) is 5.75 Å². The van der Waals surface area contributed by atoms with E-state index in [0.717, 1.165) is 30.6 Å². The summed E-state index contributed by atoms with van der Waals surface area (Å²) in [6, 6.07) is 7.60. The molecule has 1 aromatic rings. The highest BCUT2D eigenvalue weighted by atomic mass is 16.5.